The van der Waals surface area contributed by atoms with E-state index in [1.165, 1.54) is 10.3 Å². The van der Waals surface area contributed by atoms with Gasteiger partial charge in [-0.25, -0.2) is 4.98 Å². The highest BCUT2D eigenvalue weighted by Gasteiger charge is 2.33. The summed E-state index contributed by atoms with van der Waals surface area (Å²) in [5.74, 6) is 0.259. The van der Waals surface area contributed by atoms with Gasteiger partial charge >= 0.3 is 0 Å². The SMILES string of the molecule is O=C([C@H]1CC[C@H](c2ccccc2)N1)N1CCCN(c2nc3ccccc3s2)CC1. The topological polar surface area (TPSA) is 48.5 Å². The van der Waals surface area contributed by atoms with E-state index in [1.54, 1.807) is 11.3 Å². The molecule has 3 heterocycles. The minimum atomic E-state index is -0.0609. The summed E-state index contributed by atoms with van der Waals surface area (Å²) in [6, 6.07) is 19.0. The van der Waals surface area contributed by atoms with Gasteiger partial charge in [-0.3, -0.25) is 10.1 Å². The number of carbonyl (C=O) groups excluding carboxylic acids is 1. The Bertz CT molecular complexity index is 956. The highest BCUT2D eigenvalue weighted by Crippen LogP contribution is 2.30. The summed E-state index contributed by atoms with van der Waals surface area (Å²) < 4.78 is 1.22. The predicted octanol–water partition coefficient (Wildman–Crippen LogP) is 3.83. The molecule has 0 spiro atoms. The zero-order chi connectivity index (χ0) is 19.6. The van der Waals surface area contributed by atoms with Crippen molar-refractivity contribution in [3.05, 3.63) is 60.2 Å². The summed E-state index contributed by atoms with van der Waals surface area (Å²) in [7, 11) is 0. The molecule has 0 saturated carbocycles. The lowest BCUT2D eigenvalue weighted by Gasteiger charge is -2.25. The second kappa shape index (κ2) is 8.13. The number of thiazole rings is 1. The molecule has 3 aromatic rings. The summed E-state index contributed by atoms with van der Waals surface area (Å²) in [5.41, 5.74) is 2.34. The van der Waals surface area contributed by atoms with Crippen LogP contribution in [-0.2, 0) is 4.79 Å². The number of nitrogens with one attached hydrogen (secondary N) is 1. The zero-order valence-electron chi connectivity index (χ0n) is 16.5. The molecule has 29 heavy (non-hydrogen) atoms. The molecule has 0 unspecified atom stereocenters. The molecule has 0 radical (unpaired) electrons. The van der Waals surface area contributed by atoms with Crippen LogP contribution in [0.15, 0.2) is 54.6 Å². The molecular formula is C23H26N4OS. The van der Waals surface area contributed by atoms with Crippen LogP contribution in [0.25, 0.3) is 10.2 Å². The number of benzene rings is 2. The molecule has 5 nitrogen and oxygen atoms in total. The summed E-state index contributed by atoms with van der Waals surface area (Å²) in [6.45, 7) is 3.39. The molecule has 150 valence electrons. The fraction of sp³-hybridized carbons (Fsp3) is 0.391. The molecule has 1 amide bonds. The average molecular weight is 407 g/mol. The molecule has 1 N–H and O–H groups in total. The number of rotatable bonds is 3. The van der Waals surface area contributed by atoms with E-state index in [2.05, 4.69) is 57.6 Å². The van der Waals surface area contributed by atoms with Crippen LogP contribution < -0.4 is 10.2 Å². The van der Waals surface area contributed by atoms with E-state index in [0.29, 0.717) is 0 Å². The fourth-order valence-corrected chi connectivity index (χ4v) is 5.45. The van der Waals surface area contributed by atoms with Gasteiger partial charge in [-0.05, 0) is 37.0 Å². The summed E-state index contributed by atoms with van der Waals surface area (Å²) in [4.78, 5) is 22.3. The van der Waals surface area contributed by atoms with Gasteiger partial charge in [-0.15, -0.1) is 0 Å². The predicted molar refractivity (Wildman–Crippen MR) is 118 cm³/mol. The summed E-state index contributed by atoms with van der Waals surface area (Å²) in [5, 5.41) is 4.64. The Morgan fingerprint density at radius 1 is 0.966 bits per heavy atom. The first kappa shape index (κ1) is 18.6. The Morgan fingerprint density at radius 2 is 1.79 bits per heavy atom. The Labute approximate surface area is 175 Å². The first-order valence-corrected chi connectivity index (χ1v) is 11.3. The molecule has 2 atom stereocenters. The van der Waals surface area contributed by atoms with E-state index in [1.807, 2.05) is 12.1 Å². The van der Waals surface area contributed by atoms with Gasteiger partial charge in [0, 0.05) is 32.2 Å². The normalized spacial score (nSPS) is 22.8. The molecule has 2 fully saturated rings. The number of aromatic nitrogens is 1. The zero-order valence-corrected chi connectivity index (χ0v) is 17.3. The number of fused-ring (bicyclic) bond motifs is 1. The molecule has 2 aromatic carbocycles. The Balaban J connectivity index is 1.22. The largest absolute Gasteiger partial charge is 0.346 e. The average Bonchev–Trinajstić information content (AvgIpc) is 3.35. The number of amides is 1. The van der Waals surface area contributed by atoms with Gasteiger partial charge in [0.1, 0.15) is 0 Å². The van der Waals surface area contributed by atoms with E-state index in [-0.39, 0.29) is 18.0 Å². The van der Waals surface area contributed by atoms with Crippen LogP contribution >= 0.6 is 11.3 Å². The molecule has 0 aliphatic carbocycles. The van der Waals surface area contributed by atoms with Crippen LogP contribution in [0.4, 0.5) is 5.13 Å². The first-order valence-electron chi connectivity index (χ1n) is 10.5. The number of nitrogens with zero attached hydrogens (tertiary/aromatic N) is 3. The van der Waals surface area contributed by atoms with E-state index < -0.39 is 0 Å². The third-order valence-corrected chi connectivity index (χ3v) is 7.10. The van der Waals surface area contributed by atoms with Crippen molar-refractivity contribution in [3.8, 4) is 0 Å². The smallest absolute Gasteiger partial charge is 0.239 e. The van der Waals surface area contributed by atoms with E-state index in [4.69, 9.17) is 4.98 Å². The lowest BCUT2D eigenvalue weighted by molar-refractivity contribution is -0.132. The van der Waals surface area contributed by atoms with Crippen molar-refractivity contribution in [1.29, 1.82) is 0 Å². The molecule has 6 heteroatoms. The molecular weight excluding hydrogens is 380 g/mol. The maximum atomic E-state index is 13.1. The Kier molecular flexibility index (Phi) is 5.21. The summed E-state index contributed by atoms with van der Waals surface area (Å²) >= 11 is 1.74. The van der Waals surface area contributed by atoms with Gasteiger partial charge in [0.15, 0.2) is 5.13 Å². The van der Waals surface area contributed by atoms with E-state index in [9.17, 15) is 4.79 Å². The molecule has 0 bridgehead atoms. The number of para-hydroxylation sites is 1. The van der Waals surface area contributed by atoms with Crippen molar-refractivity contribution in [2.75, 3.05) is 31.1 Å². The lowest BCUT2D eigenvalue weighted by atomic mass is 10.1. The molecule has 2 aliphatic rings. The van der Waals surface area contributed by atoms with Crippen molar-refractivity contribution in [2.24, 2.45) is 0 Å². The highest BCUT2D eigenvalue weighted by atomic mass is 32.1. The van der Waals surface area contributed by atoms with Crippen LogP contribution in [0, 0.1) is 0 Å². The third-order valence-electron chi connectivity index (χ3n) is 6.01. The third kappa shape index (κ3) is 3.87. The Hall–Kier alpha value is -2.44. The van der Waals surface area contributed by atoms with Crippen molar-refractivity contribution >= 4 is 32.6 Å². The van der Waals surface area contributed by atoms with Gasteiger partial charge < -0.3 is 9.80 Å². The van der Waals surface area contributed by atoms with Crippen LogP contribution in [0.1, 0.15) is 30.9 Å². The quantitative estimate of drug-likeness (QED) is 0.718. The van der Waals surface area contributed by atoms with Gasteiger partial charge in [0.2, 0.25) is 5.91 Å². The van der Waals surface area contributed by atoms with E-state index >= 15 is 0 Å². The molecule has 2 aliphatic heterocycles. The number of hydrogen-bond donors (Lipinski definition) is 1. The monoisotopic (exact) mass is 406 g/mol. The Morgan fingerprint density at radius 3 is 2.66 bits per heavy atom. The maximum absolute atomic E-state index is 13.1. The van der Waals surface area contributed by atoms with Gasteiger partial charge in [0.05, 0.1) is 16.3 Å². The minimum Gasteiger partial charge on any atom is -0.346 e. The van der Waals surface area contributed by atoms with E-state index in [0.717, 1.165) is 56.1 Å². The van der Waals surface area contributed by atoms with Crippen LogP contribution in [0.3, 0.4) is 0 Å². The standard InChI is InChI=1S/C23H26N4OS/c28-22(20-12-11-18(24-20)17-7-2-1-3-8-17)26-13-6-14-27(16-15-26)23-25-19-9-4-5-10-21(19)29-23/h1-5,7-10,18,20,24H,6,11-16H2/t18-,20-/m1/s1. The molecule has 2 saturated heterocycles. The van der Waals surface area contributed by atoms with Crippen LogP contribution in [0.2, 0.25) is 0 Å². The van der Waals surface area contributed by atoms with Crippen molar-refractivity contribution in [1.82, 2.24) is 15.2 Å². The second-order valence-corrected chi connectivity index (χ2v) is 8.90. The van der Waals surface area contributed by atoms with Crippen molar-refractivity contribution in [3.63, 3.8) is 0 Å². The lowest BCUT2D eigenvalue weighted by Crippen LogP contribution is -2.45. The van der Waals surface area contributed by atoms with Gasteiger partial charge in [0.25, 0.3) is 0 Å². The fourth-order valence-electron chi connectivity index (χ4n) is 4.43. The molecule has 5 rings (SSSR count). The highest BCUT2D eigenvalue weighted by molar-refractivity contribution is 7.22. The number of anilines is 1. The van der Waals surface area contributed by atoms with Gasteiger partial charge in [-0.2, -0.15) is 0 Å². The number of carbonyl (C=O) groups is 1. The molecule has 1 aromatic heterocycles. The maximum Gasteiger partial charge on any atom is 0.239 e. The van der Waals surface area contributed by atoms with Gasteiger partial charge in [-0.1, -0.05) is 53.8 Å². The van der Waals surface area contributed by atoms with Crippen molar-refractivity contribution in [2.45, 2.75) is 31.3 Å². The van der Waals surface area contributed by atoms with Crippen LogP contribution in [-0.4, -0.2) is 48.0 Å². The van der Waals surface area contributed by atoms with Crippen LogP contribution in [0.5, 0.6) is 0 Å². The second-order valence-electron chi connectivity index (χ2n) is 7.89. The minimum absolute atomic E-state index is 0.0609. The first-order chi connectivity index (χ1) is 14.3. The number of hydrogen-bond acceptors (Lipinski definition) is 5. The summed E-state index contributed by atoms with van der Waals surface area (Å²) in [6.07, 6.45) is 2.92. The van der Waals surface area contributed by atoms with Crippen molar-refractivity contribution < 1.29 is 4.79 Å².